The van der Waals surface area contributed by atoms with E-state index in [9.17, 15) is 34.4 Å². The molecule has 0 unspecified atom stereocenters. The van der Waals surface area contributed by atoms with E-state index in [1.165, 1.54) is 36.4 Å². The summed E-state index contributed by atoms with van der Waals surface area (Å²) in [7, 11) is 0. The lowest BCUT2D eigenvalue weighted by atomic mass is 9.59. The van der Waals surface area contributed by atoms with Crippen molar-refractivity contribution >= 4 is 50.7 Å². The number of ketones is 2. The molecule has 1 heterocycles. The summed E-state index contributed by atoms with van der Waals surface area (Å²) in [5.41, 5.74) is 2.10. The summed E-state index contributed by atoms with van der Waals surface area (Å²) in [5.74, 6) is -4.08. The van der Waals surface area contributed by atoms with Crippen LogP contribution < -0.4 is 4.90 Å². The molecule has 1 N–H and O–H groups in total. The van der Waals surface area contributed by atoms with E-state index >= 15 is 0 Å². The molecule has 1 saturated heterocycles. The van der Waals surface area contributed by atoms with Gasteiger partial charge in [-0.1, -0.05) is 23.8 Å². The molecule has 6 rings (SSSR count). The Morgan fingerprint density at radius 2 is 1.74 bits per heavy atom. The monoisotopic (exact) mass is 574 g/mol. The number of carbonyl (C=O) groups is 4. The maximum Gasteiger partial charge on any atom is 0.269 e. The quantitative estimate of drug-likeness (QED) is 0.190. The van der Waals surface area contributed by atoms with Gasteiger partial charge in [0.1, 0.15) is 5.75 Å². The number of hydrogen-bond acceptors (Lipinski definition) is 7. The number of amides is 2. The van der Waals surface area contributed by atoms with Crippen LogP contribution in [0.2, 0.25) is 0 Å². The number of nitrogens with zero attached hydrogens (tertiary/aromatic N) is 2. The molecule has 2 amide bonds. The second-order valence-corrected chi connectivity index (χ2v) is 10.6. The number of rotatable bonds is 3. The van der Waals surface area contributed by atoms with Crippen LogP contribution in [0.25, 0.3) is 0 Å². The van der Waals surface area contributed by atoms with Crippen LogP contribution >= 0.6 is 15.9 Å². The maximum atomic E-state index is 13.8. The number of hydrogen-bond donors (Lipinski definition) is 1. The Morgan fingerprint density at radius 3 is 2.42 bits per heavy atom. The molecule has 3 aliphatic carbocycles. The number of non-ortho nitro benzene ring substituents is 1. The molecule has 190 valence electrons. The van der Waals surface area contributed by atoms with Gasteiger partial charge in [-0.25, -0.2) is 0 Å². The molecule has 1 fully saturated rings. The summed E-state index contributed by atoms with van der Waals surface area (Å²) in [6, 6.07) is 11.7. The Kier molecular flexibility index (Phi) is 5.53. The van der Waals surface area contributed by atoms with Crippen LogP contribution in [0.15, 0.2) is 81.9 Å². The zero-order valence-electron chi connectivity index (χ0n) is 19.7. The number of aromatic hydroxyl groups is 1. The summed E-state index contributed by atoms with van der Waals surface area (Å²) in [4.78, 5) is 65.3. The minimum atomic E-state index is -0.765. The van der Waals surface area contributed by atoms with Gasteiger partial charge in [0.2, 0.25) is 11.8 Å². The third kappa shape index (κ3) is 3.51. The highest BCUT2D eigenvalue weighted by Crippen LogP contribution is 2.55. The Balaban J connectivity index is 1.45. The molecule has 9 nitrogen and oxygen atoms in total. The van der Waals surface area contributed by atoms with Crippen molar-refractivity contribution in [1.82, 2.24) is 0 Å². The topological polar surface area (TPSA) is 135 Å². The number of phenols is 1. The van der Waals surface area contributed by atoms with Crippen molar-refractivity contribution < 1.29 is 29.2 Å². The number of allylic oxidation sites excluding steroid dienone is 6. The number of imide groups is 1. The number of nitro groups is 1. The van der Waals surface area contributed by atoms with Gasteiger partial charge in [-0.05, 0) is 64.5 Å². The summed E-state index contributed by atoms with van der Waals surface area (Å²) in [6.07, 6.45) is 3.53. The van der Waals surface area contributed by atoms with Gasteiger partial charge < -0.3 is 5.11 Å². The molecule has 2 aromatic rings. The molecule has 0 spiro atoms. The number of phenolic OH excluding ortho intramolecular Hbond substituents is 1. The molecule has 0 radical (unpaired) electrons. The fourth-order valence-electron chi connectivity index (χ4n) is 6.27. The Labute approximate surface area is 224 Å². The van der Waals surface area contributed by atoms with E-state index in [0.717, 1.165) is 10.5 Å². The summed E-state index contributed by atoms with van der Waals surface area (Å²) < 4.78 is 0.136. The lowest BCUT2D eigenvalue weighted by Crippen LogP contribution is -2.39. The van der Waals surface area contributed by atoms with Crippen LogP contribution in [0.5, 0.6) is 5.75 Å². The van der Waals surface area contributed by atoms with Crippen LogP contribution in [-0.4, -0.2) is 33.4 Å². The van der Waals surface area contributed by atoms with E-state index in [0.29, 0.717) is 16.7 Å². The van der Waals surface area contributed by atoms with E-state index in [1.807, 2.05) is 6.08 Å². The fraction of sp³-hybridized carbons (Fsp3) is 0.214. The van der Waals surface area contributed by atoms with Crippen molar-refractivity contribution in [3.8, 4) is 5.75 Å². The minimum absolute atomic E-state index is 0.00355. The second kappa shape index (κ2) is 8.70. The van der Waals surface area contributed by atoms with Gasteiger partial charge in [0, 0.05) is 35.3 Å². The third-order valence-corrected chi connectivity index (χ3v) is 8.44. The molecular formula is C28H19BrN2O7. The van der Waals surface area contributed by atoms with Crippen LogP contribution in [0.1, 0.15) is 24.3 Å². The van der Waals surface area contributed by atoms with Gasteiger partial charge >= 0.3 is 0 Å². The van der Waals surface area contributed by atoms with Gasteiger partial charge in [-0.15, -0.1) is 0 Å². The molecule has 0 aromatic heterocycles. The van der Waals surface area contributed by atoms with Crippen LogP contribution in [0.4, 0.5) is 11.4 Å². The smallest absolute Gasteiger partial charge is 0.269 e. The molecule has 1 aliphatic heterocycles. The fourth-order valence-corrected chi connectivity index (χ4v) is 6.72. The first-order valence-electron chi connectivity index (χ1n) is 12.0. The molecule has 0 saturated carbocycles. The van der Waals surface area contributed by atoms with E-state index in [4.69, 9.17) is 0 Å². The zero-order valence-corrected chi connectivity index (χ0v) is 21.3. The van der Waals surface area contributed by atoms with Crippen molar-refractivity contribution in [2.75, 3.05) is 4.90 Å². The van der Waals surface area contributed by atoms with E-state index in [2.05, 4.69) is 15.9 Å². The molecular weight excluding hydrogens is 556 g/mol. The molecule has 4 aliphatic rings. The third-order valence-electron chi connectivity index (χ3n) is 7.85. The number of benzene rings is 2. The number of Topliss-reactive ketones (excluding diaryl/α,β-unsaturated/α-hetero) is 1. The van der Waals surface area contributed by atoms with Crippen molar-refractivity contribution in [1.29, 1.82) is 0 Å². The average molecular weight is 575 g/mol. The molecule has 38 heavy (non-hydrogen) atoms. The van der Waals surface area contributed by atoms with Crippen molar-refractivity contribution in [3.63, 3.8) is 0 Å². The highest BCUT2D eigenvalue weighted by atomic mass is 79.9. The van der Waals surface area contributed by atoms with Crippen molar-refractivity contribution in [2.24, 2.45) is 17.8 Å². The predicted molar refractivity (Wildman–Crippen MR) is 138 cm³/mol. The number of halogens is 1. The first-order chi connectivity index (χ1) is 18.2. The molecule has 0 bridgehead atoms. The number of carbonyl (C=O) groups excluding carboxylic acids is 4. The van der Waals surface area contributed by atoms with E-state index in [1.54, 1.807) is 18.2 Å². The van der Waals surface area contributed by atoms with Crippen molar-refractivity contribution in [2.45, 2.75) is 18.8 Å². The second-order valence-electron chi connectivity index (χ2n) is 9.77. The zero-order chi connectivity index (χ0) is 26.9. The van der Waals surface area contributed by atoms with Crippen molar-refractivity contribution in [3.05, 3.63) is 97.6 Å². The number of anilines is 1. The highest BCUT2D eigenvalue weighted by molar-refractivity contribution is 9.12. The van der Waals surface area contributed by atoms with Gasteiger partial charge in [0.05, 0.1) is 26.9 Å². The largest absolute Gasteiger partial charge is 0.508 e. The van der Waals surface area contributed by atoms with Gasteiger partial charge in [-0.3, -0.25) is 34.2 Å². The Hall–Kier alpha value is -4.18. The summed E-state index contributed by atoms with van der Waals surface area (Å²) in [6.45, 7) is 0. The minimum Gasteiger partial charge on any atom is -0.508 e. The molecule has 2 aromatic carbocycles. The van der Waals surface area contributed by atoms with Gasteiger partial charge in [-0.2, -0.15) is 0 Å². The standard InChI is InChI=1S/C28H19BrN2O7/c29-21-12-22(33)25-20(26(21)34)11-19-17(23(25)13-2-1-3-16(32)10-13)8-9-18-24(19)28(36)30(27(18)35)14-4-6-15(7-5-14)31(37)38/h1-8,10,12,18-19,23-24,32H,9,11H2/t18-,19+,23-,24-/m0/s1. The predicted octanol–water partition coefficient (Wildman–Crippen LogP) is 4.27. The lowest BCUT2D eigenvalue weighted by molar-refractivity contribution is -0.384. The van der Waals surface area contributed by atoms with E-state index in [-0.39, 0.29) is 46.0 Å². The molecule has 4 atom stereocenters. The summed E-state index contributed by atoms with van der Waals surface area (Å²) in [5, 5.41) is 21.2. The normalized spacial score (nSPS) is 26.5. The first-order valence-corrected chi connectivity index (χ1v) is 12.8. The lowest BCUT2D eigenvalue weighted by Gasteiger charge is -2.42. The first kappa shape index (κ1) is 24.2. The average Bonchev–Trinajstić information content (AvgIpc) is 3.15. The van der Waals surface area contributed by atoms with Crippen LogP contribution in [0.3, 0.4) is 0 Å². The van der Waals surface area contributed by atoms with Crippen LogP contribution in [0, 0.1) is 27.9 Å². The number of nitro benzene ring substituents is 1. The maximum absolute atomic E-state index is 13.8. The summed E-state index contributed by atoms with van der Waals surface area (Å²) >= 11 is 3.19. The Bertz CT molecular complexity index is 1570. The SMILES string of the molecule is O=C1C=C(Br)C(=O)C2=C1[C@@H](c1cccc(O)c1)C1=CC[C@@H]3C(=O)N(c4ccc([N+](=O)[O-])cc4)C(=O)[C@@H]3[C@@H]1C2. The van der Waals surface area contributed by atoms with E-state index < -0.39 is 40.4 Å². The Morgan fingerprint density at radius 1 is 1.00 bits per heavy atom. The van der Waals surface area contributed by atoms with Crippen LogP contribution in [-0.2, 0) is 19.2 Å². The number of fused-ring (bicyclic) bond motifs is 3. The highest BCUT2D eigenvalue weighted by Gasteiger charge is 2.56. The van der Waals surface area contributed by atoms with Gasteiger partial charge in [0.25, 0.3) is 5.69 Å². The van der Waals surface area contributed by atoms with Gasteiger partial charge in [0.15, 0.2) is 11.6 Å². The molecule has 10 heteroatoms.